The van der Waals surface area contributed by atoms with E-state index in [9.17, 15) is 9.18 Å². The first-order valence-corrected chi connectivity index (χ1v) is 8.06. The molecule has 3 rings (SSSR count). The summed E-state index contributed by atoms with van der Waals surface area (Å²) in [7, 11) is 1.60. The van der Waals surface area contributed by atoms with Crippen molar-refractivity contribution in [1.82, 2.24) is 10.2 Å². The number of halogens is 2. The SMILES string of the molecule is COc1ccccc1CC(=O)N1CCNCC1c1cccc(F)c1.Cl. The minimum Gasteiger partial charge on any atom is -0.496 e. The number of piperazine rings is 1. The van der Waals surface area contributed by atoms with E-state index in [1.165, 1.54) is 12.1 Å². The molecule has 1 saturated heterocycles. The van der Waals surface area contributed by atoms with E-state index in [2.05, 4.69) is 5.32 Å². The van der Waals surface area contributed by atoms with Crippen LogP contribution in [0.3, 0.4) is 0 Å². The first-order valence-electron chi connectivity index (χ1n) is 8.06. The normalized spacial score (nSPS) is 16.9. The molecule has 2 aromatic rings. The van der Waals surface area contributed by atoms with Crippen molar-refractivity contribution in [3.05, 3.63) is 65.5 Å². The zero-order valence-electron chi connectivity index (χ0n) is 14.1. The molecule has 1 fully saturated rings. The summed E-state index contributed by atoms with van der Waals surface area (Å²) in [5, 5.41) is 3.28. The maximum atomic E-state index is 13.6. The Morgan fingerprint density at radius 3 is 2.84 bits per heavy atom. The summed E-state index contributed by atoms with van der Waals surface area (Å²) >= 11 is 0. The van der Waals surface area contributed by atoms with Gasteiger partial charge in [0.05, 0.1) is 19.6 Å². The molecule has 1 heterocycles. The van der Waals surface area contributed by atoms with Crippen LogP contribution in [0.2, 0.25) is 0 Å². The number of hydrogen-bond acceptors (Lipinski definition) is 3. The fourth-order valence-electron chi connectivity index (χ4n) is 3.13. The summed E-state index contributed by atoms with van der Waals surface area (Å²) < 4.78 is 18.9. The van der Waals surface area contributed by atoms with Gasteiger partial charge in [-0.1, -0.05) is 30.3 Å². The number of hydrogen-bond donors (Lipinski definition) is 1. The predicted molar refractivity (Wildman–Crippen MR) is 97.7 cm³/mol. The molecule has 4 nitrogen and oxygen atoms in total. The van der Waals surface area contributed by atoms with Gasteiger partial charge in [0.1, 0.15) is 11.6 Å². The van der Waals surface area contributed by atoms with Crippen LogP contribution in [-0.2, 0) is 11.2 Å². The van der Waals surface area contributed by atoms with Crippen molar-refractivity contribution in [2.24, 2.45) is 0 Å². The number of benzene rings is 2. The highest BCUT2D eigenvalue weighted by Crippen LogP contribution is 2.25. The third-order valence-electron chi connectivity index (χ3n) is 4.33. The fourth-order valence-corrected chi connectivity index (χ4v) is 3.13. The van der Waals surface area contributed by atoms with Crippen LogP contribution < -0.4 is 10.1 Å². The summed E-state index contributed by atoms with van der Waals surface area (Å²) in [5.41, 5.74) is 1.68. The van der Waals surface area contributed by atoms with E-state index in [0.717, 1.165) is 17.7 Å². The Labute approximate surface area is 153 Å². The van der Waals surface area contributed by atoms with Gasteiger partial charge < -0.3 is 15.0 Å². The van der Waals surface area contributed by atoms with Crippen molar-refractivity contribution in [2.75, 3.05) is 26.7 Å². The van der Waals surface area contributed by atoms with Gasteiger partial charge in [-0.25, -0.2) is 4.39 Å². The van der Waals surface area contributed by atoms with Crippen LogP contribution >= 0.6 is 12.4 Å². The summed E-state index contributed by atoms with van der Waals surface area (Å²) in [5.74, 6) is 0.453. The molecule has 1 unspecified atom stereocenters. The molecule has 0 spiro atoms. The van der Waals surface area contributed by atoms with Crippen molar-refractivity contribution in [3.63, 3.8) is 0 Å². The van der Waals surface area contributed by atoms with Crippen LogP contribution in [0.15, 0.2) is 48.5 Å². The Morgan fingerprint density at radius 1 is 1.28 bits per heavy atom. The van der Waals surface area contributed by atoms with Crippen molar-refractivity contribution in [1.29, 1.82) is 0 Å². The van der Waals surface area contributed by atoms with E-state index < -0.39 is 0 Å². The average molecular weight is 365 g/mol. The quantitative estimate of drug-likeness (QED) is 0.906. The largest absolute Gasteiger partial charge is 0.496 e. The monoisotopic (exact) mass is 364 g/mol. The summed E-state index contributed by atoms with van der Waals surface area (Å²) in [6.07, 6.45) is 0.274. The molecule has 6 heteroatoms. The second kappa shape index (κ2) is 8.83. The number of nitrogens with one attached hydrogen (secondary N) is 1. The molecule has 1 N–H and O–H groups in total. The zero-order valence-corrected chi connectivity index (χ0v) is 14.9. The van der Waals surface area contributed by atoms with Gasteiger partial charge in [0, 0.05) is 25.2 Å². The second-order valence-electron chi connectivity index (χ2n) is 5.85. The predicted octanol–water partition coefficient (Wildman–Crippen LogP) is 2.97. The lowest BCUT2D eigenvalue weighted by atomic mass is 10.0. The lowest BCUT2D eigenvalue weighted by molar-refractivity contribution is -0.133. The molecule has 0 bridgehead atoms. The minimum absolute atomic E-state index is 0. The Balaban J connectivity index is 0.00000225. The van der Waals surface area contributed by atoms with Crippen molar-refractivity contribution in [2.45, 2.75) is 12.5 Å². The van der Waals surface area contributed by atoms with Crippen LogP contribution in [0, 0.1) is 5.82 Å². The van der Waals surface area contributed by atoms with E-state index in [4.69, 9.17) is 4.74 Å². The molecule has 0 saturated carbocycles. The molecule has 0 radical (unpaired) electrons. The van der Waals surface area contributed by atoms with Gasteiger partial charge in [0.2, 0.25) is 5.91 Å². The lowest BCUT2D eigenvalue weighted by Gasteiger charge is -2.36. The molecule has 25 heavy (non-hydrogen) atoms. The highest BCUT2D eigenvalue weighted by molar-refractivity contribution is 5.85. The van der Waals surface area contributed by atoms with Gasteiger partial charge in [-0.15, -0.1) is 12.4 Å². The Morgan fingerprint density at radius 2 is 2.08 bits per heavy atom. The average Bonchev–Trinajstić information content (AvgIpc) is 2.62. The van der Waals surface area contributed by atoms with Gasteiger partial charge in [0.15, 0.2) is 0 Å². The number of nitrogens with zero attached hydrogens (tertiary/aromatic N) is 1. The first kappa shape index (κ1) is 19.2. The highest BCUT2D eigenvalue weighted by Gasteiger charge is 2.28. The molecule has 1 aliphatic heterocycles. The Bertz CT molecular complexity index is 726. The molecule has 1 amide bonds. The third kappa shape index (κ3) is 4.50. The molecule has 134 valence electrons. The number of rotatable bonds is 4. The smallest absolute Gasteiger partial charge is 0.227 e. The number of amides is 1. The van der Waals surface area contributed by atoms with Crippen LogP contribution in [0.25, 0.3) is 0 Å². The van der Waals surface area contributed by atoms with Gasteiger partial charge in [-0.05, 0) is 23.8 Å². The van der Waals surface area contributed by atoms with Gasteiger partial charge in [-0.3, -0.25) is 4.79 Å². The summed E-state index contributed by atoms with van der Waals surface area (Å²) in [6, 6.07) is 13.8. The van der Waals surface area contributed by atoms with Crippen LogP contribution in [-0.4, -0.2) is 37.6 Å². The van der Waals surface area contributed by atoms with Gasteiger partial charge in [-0.2, -0.15) is 0 Å². The molecule has 0 aliphatic carbocycles. The number of ether oxygens (including phenoxy) is 1. The molecule has 2 aromatic carbocycles. The molecular formula is C19H22ClFN2O2. The fraction of sp³-hybridized carbons (Fsp3) is 0.316. The van der Waals surface area contributed by atoms with Crippen molar-refractivity contribution in [3.8, 4) is 5.75 Å². The lowest BCUT2D eigenvalue weighted by Crippen LogP contribution is -2.49. The maximum absolute atomic E-state index is 13.6. The minimum atomic E-state index is -0.282. The summed E-state index contributed by atoms with van der Waals surface area (Å²) in [4.78, 5) is 14.7. The number of carbonyl (C=O) groups is 1. The maximum Gasteiger partial charge on any atom is 0.227 e. The third-order valence-corrected chi connectivity index (χ3v) is 4.33. The zero-order chi connectivity index (χ0) is 16.9. The van der Waals surface area contributed by atoms with Gasteiger partial charge in [0.25, 0.3) is 0 Å². The van der Waals surface area contributed by atoms with Crippen LogP contribution in [0.4, 0.5) is 4.39 Å². The number of carbonyl (C=O) groups excluding carboxylic acids is 1. The molecular weight excluding hydrogens is 343 g/mol. The first-order chi connectivity index (χ1) is 11.7. The Kier molecular flexibility index (Phi) is 6.79. The van der Waals surface area contributed by atoms with Crippen LogP contribution in [0.1, 0.15) is 17.2 Å². The number of para-hydroxylation sites is 1. The van der Waals surface area contributed by atoms with Crippen LogP contribution in [0.5, 0.6) is 5.75 Å². The molecule has 1 atom stereocenters. The van der Waals surface area contributed by atoms with Gasteiger partial charge >= 0.3 is 0 Å². The van der Waals surface area contributed by atoms with E-state index >= 15 is 0 Å². The molecule has 0 aromatic heterocycles. The van der Waals surface area contributed by atoms with Crippen molar-refractivity contribution < 1.29 is 13.9 Å². The van der Waals surface area contributed by atoms with E-state index in [-0.39, 0.29) is 36.6 Å². The summed E-state index contributed by atoms with van der Waals surface area (Å²) in [6.45, 7) is 1.97. The van der Waals surface area contributed by atoms with E-state index in [1.54, 1.807) is 13.2 Å². The number of methoxy groups -OCH3 is 1. The van der Waals surface area contributed by atoms with Crippen molar-refractivity contribution >= 4 is 18.3 Å². The second-order valence-corrected chi connectivity index (χ2v) is 5.85. The molecule has 1 aliphatic rings. The standard InChI is InChI=1S/C19H21FN2O2.ClH/c1-24-18-8-3-2-5-15(18)12-19(23)22-10-9-21-13-17(22)14-6-4-7-16(20)11-14;/h2-8,11,17,21H,9-10,12-13H2,1H3;1H. The Hall–Kier alpha value is -2.11. The van der Waals surface area contributed by atoms with E-state index in [1.807, 2.05) is 35.2 Å². The van der Waals surface area contributed by atoms with E-state index in [0.29, 0.717) is 18.8 Å². The topological polar surface area (TPSA) is 41.6 Å². The highest BCUT2D eigenvalue weighted by atomic mass is 35.5.